The highest BCUT2D eigenvalue weighted by atomic mass is 16.4. The highest BCUT2D eigenvalue weighted by Crippen LogP contribution is 2.25. The summed E-state index contributed by atoms with van der Waals surface area (Å²) in [6.45, 7) is 0. The van der Waals surface area contributed by atoms with Gasteiger partial charge in [0.15, 0.2) is 0 Å². The third-order valence-corrected chi connectivity index (χ3v) is 4.62. The molecule has 2 N–H and O–H groups in total. The third kappa shape index (κ3) is 4.59. The Morgan fingerprint density at radius 1 is 0.839 bits per heavy atom. The van der Waals surface area contributed by atoms with E-state index in [1.807, 2.05) is 60.7 Å². The van der Waals surface area contributed by atoms with Crippen LogP contribution in [0.25, 0.3) is 23.0 Å². The number of amides is 1. The predicted molar refractivity (Wildman–Crippen MR) is 119 cm³/mol. The second kappa shape index (κ2) is 8.92. The van der Waals surface area contributed by atoms with E-state index in [0.717, 1.165) is 11.3 Å². The summed E-state index contributed by atoms with van der Waals surface area (Å²) >= 11 is 0. The number of nitrogens with zero attached hydrogens (tertiary/aromatic N) is 2. The summed E-state index contributed by atoms with van der Waals surface area (Å²) in [4.78, 5) is 24.4. The number of aliphatic carboxylic acids is 1. The van der Waals surface area contributed by atoms with Crippen molar-refractivity contribution >= 4 is 18.0 Å². The van der Waals surface area contributed by atoms with Gasteiger partial charge in [-0.05, 0) is 30.3 Å². The van der Waals surface area contributed by atoms with Crippen LogP contribution >= 0.6 is 0 Å². The monoisotopic (exact) mass is 409 g/mol. The first-order valence-corrected chi connectivity index (χ1v) is 9.64. The van der Waals surface area contributed by atoms with Crippen molar-refractivity contribution in [2.75, 3.05) is 0 Å². The standard InChI is InChI=1S/C25H19N3O3/c29-24(19-12-6-2-7-13-19)26-22(25(30)31)16-20-17-28(21-14-8-3-9-15-21)27-23(20)18-10-4-1-5-11-18/h1-17H,(H,26,29)(H,30,31). The van der Waals surface area contributed by atoms with E-state index in [0.29, 0.717) is 16.8 Å². The zero-order valence-corrected chi connectivity index (χ0v) is 16.5. The molecule has 0 saturated carbocycles. The van der Waals surface area contributed by atoms with Gasteiger partial charge in [-0.1, -0.05) is 66.7 Å². The van der Waals surface area contributed by atoms with Crippen LogP contribution in [-0.2, 0) is 4.79 Å². The first kappa shape index (κ1) is 19.8. The van der Waals surface area contributed by atoms with Gasteiger partial charge in [0.2, 0.25) is 0 Å². The second-order valence-electron chi connectivity index (χ2n) is 6.76. The van der Waals surface area contributed by atoms with Crippen LogP contribution in [0.15, 0.2) is 103 Å². The number of hydrogen-bond acceptors (Lipinski definition) is 3. The van der Waals surface area contributed by atoms with E-state index < -0.39 is 11.9 Å². The van der Waals surface area contributed by atoms with Gasteiger partial charge in [-0.2, -0.15) is 5.10 Å². The van der Waals surface area contributed by atoms with Gasteiger partial charge in [0, 0.05) is 22.9 Å². The lowest BCUT2D eigenvalue weighted by Crippen LogP contribution is -2.27. The van der Waals surface area contributed by atoms with Gasteiger partial charge in [-0.3, -0.25) is 4.79 Å². The number of carboxylic acids is 1. The number of aromatic nitrogens is 2. The normalized spacial score (nSPS) is 11.2. The van der Waals surface area contributed by atoms with Crippen LogP contribution in [0.1, 0.15) is 15.9 Å². The zero-order valence-electron chi connectivity index (χ0n) is 16.5. The molecule has 0 fully saturated rings. The van der Waals surface area contributed by atoms with Crippen molar-refractivity contribution in [3.8, 4) is 16.9 Å². The molecule has 0 aliphatic heterocycles. The molecule has 1 aromatic heterocycles. The Kier molecular flexibility index (Phi) is 5.71. The van der Waals surface area contributed by atoms with Crippen molar-refractivity contribution < 1.29 is 14.7 Å². The van der Waals surface area contributed by atoms with E-state index in [9.17, 15) is 14.7 Å². The Bertz CT molecular complexity index is 1230. The van der Waals surface area contributed by atoms with E-state index in [-0.39, 0.29) is 5.70 Å². The number of para-hydroxylation sites is 1. The van der Waals surface area contributed by atoms with Crippen molar-refractivity contribution in [2.45, 2.75) is 0 Å². The number of nitrogens with one attached hydrogen (secondary N) is 1. The minimum absolute atomic E-state index is 0.237. The number of carbonyl (C=O) groups is 2. The third-order valence-electron chi connectivity index (χ3n) is 4.62. The number of hydrogen-bond donors (Lipinski definition) is 2. The maximum atomic E-state index is 12.5. The molecule has 0 atom stereocenters. The number of carbonyl (C=O) groups excluding carboxylic acids is 1. The fourth-order valence-corrected chi connectivity index (χ4v) is 3.12. The molecule has 6 heteroatoms. The molecule has 0 radical (unpaired) electrons. The first-order chi connectivity index (χ1) is 15.1. The maximum Gasteiger partial charge on any atom is 0.352 e. The van der Waals surface area contributed by atoms with Crippen LogP contribution in [0, 0.1) is 0 Å². The quantitative estimate of drug-likeness (QED) is 0.463. The van der Waals surface area contributed by atoms with Crippen LogP contribution in [0.3, 0.4) is 0 Å². The topological polar surface area (TPSA) is 84.2 Å². The predicted octanol–water partition coefficient (Wildman–Crippen LogP) is 4.39. The van der Waals surface area contributed by atoms with Crippen molar-refractivity contribution in [3.63, 3.8) is 0 Å². The van der Waals surface area contributed by atoms with Gasteiger partial charge >= 0.3 is 5.97 Å². The molecule has 1 heterocycles. The van der Waals surface area contributed by atoms with Crippen LogP contribution in [0.4, 0.5) is 0 Å². The van der Waals surface area contributed by atoms with Gasteiger partial charge < -0.3 is 10.4 Å². The molecule has 0 bridgehead atoms. The Labute approximate surface area is 179 Å². The molecule has 4 aromatic rings. The zero-order chi connectivity index (χ0) is 21.6. The van der Waals surface area contributed by atoms with Crippen molar-refractivity contribution in [1.82, 2.24) is 15.1 Å². The highest BCUT2D eigenvalue weighted by Gasteiger charge is 2.17. The van der Waals surface area contributed by atoms with Crippen LogP contribution in [-0.4, -0.2) is 26.8 Å². The summed E-state index contributed by atoms with van der Waals surface area (Å²) in [5.41, 5.74) is 2.99. The Morgan fingerprint density at radius 2 is 1.42 bits per heavy atom. The summed E-state index contributed by atoms with van der Waals surface area (Å²) in [6, 6.07) is 27.5. The van der Waals surface area contributed by atoms with Crippen molar-refractivity contribution in [2.24, 2.45) is 0 Å². The molecule has 6 nitrogen and oxygen atoms in total. The Balaban J connectivity index is 1.77. The largest absolute Gasteiger partial charge is 0.477 e. The molecule has 152 valence electrons. The maximum absolute atomic E-state index is 12.5. The summed E-state index contributed by atoms with van der Waals surface area (Å²) in [5, 5.41) is 16.9. The summed E-state index contributed by atoms with van der Waals surface area (Å²) in [5.74, 6) is -1.73. The van der Waals surface area contributed by atoms with E-state index in [4.69, 9.17) is 0 Å². The molecule has 0 spiro atoms. The molecule has 0 aliphatic carbocycles. The van der Waals surface area contributed by atoms with Gasteiger partial charge in [-0.15, -0.1) is 0 Å². The average Bonchev–Trinajstić information content (AvgIpc) is 3.24. The molecule has 0 saturated heterocycles. The smallest absolute Gasteiger partial charge is 0.352 e. The molecule has 3 aromatic carbocycles. The van der Waals surface area contributed by atoms with Crippen LogP contribution in [0.5, 0.6) is 0 Å². The summed E-state index contributed by atoms with van der Waals surface area (Å²) < 4.78 is 1.69. The average molecular weight is 409 g/mol. The van der Waals surface area contributed by atoms with Crippen molar-refractivity contribution in [1.29, 1.82) is 0 Å². The van der Waals surface area contributed by atoms with Gasteiger partial charge in [0.1, 0.15) is 11.4 Å². The lowest BCUT2D eigenvalue weighted by atomic mass is 10.1. The van der Waals surface area contributed by atoms with E-state index in [1.165, 1.54) is 6.08 Å². The number of rotatable bonds is 6. The van der Waals surface area contributed by atoms with Crippen LogP contribution in [0.2, 0.25) is 0 Å². The van der Waals surface area contributed by atoms with Crippen molar-refractivity contribution in [3.05, 3.63) is 114 Å². The van der Waals surface area contributed by atoms with Gasteiger partial charge in [0.05, 0.1) is 5.69 Å². The molecule has 1 amide bonds. The SMILES string of the molecule is O=C(O)C(=Cc1cn(-c2ccccc2)nc1-c1ccccc1)NC(=O)c1ccccc1. The molecule has 31 heavy (non-hydrogen) atoms. The lowest BCUT2D eigenvalue weighted by Gasteiger charge is -2.06. The summed E-state index contributed by atoms with van der Waals surface area (Å²) in [7, 11) is 0. The minimum atomic E-state index is -1.24. The second-order valence-corrected chi connectivity index (χ2v) is 6.76. The fourth-order valence-electron chi connectivity index (χ4n) is 3.12. The fraction of sp³-hybridized carbons (Fsp3) is 0. The van der Waals surface area contributed by atoms with E-state index in [1.54, 1.807) is 41.2 Å². The van der Waals surface area contributed by atoms with E-state index in [2.05, 4.69) is 10.4 Å². The molecule has 0 aliphatic rings. The molecule has 0 unspecified atom stereocenters. The molecular formula is C25H19N3O3. The lowest BCUT2D eigenvalue weighted by molar-refractivity contribution is -0.132. The molecule has 4 rings (SSSR count). The Morgan fingerprint density at radius 3 is 2.03 bits per heavy atom. The molecular weight excluding hydrogens is 390 g/mol. The van der Waals surface area contributed by atoms with Gasteiger partial charge in [-0.25, -0.2) is 9.48 Å². The van der Waals surface area contributed by atoms with Gasteiger partial charge in [0.25, 0.3) is 5.91 Å². The van der Waals surface area contributed by atoms with Crippen LogP contribution < -0.4 is 5.32 Å². The minimum Gasteiger partial charge on any atom is -0.477 e. The number of carboxylic acid groups (broad SMARTS) is 1. The first-order valence-electron chi connectivity index (χ1n) is 9.64. The summed E-state index contributed by atoms with van der Waals surface area (Å²) in [6.07, 6.45) is 3.17. The number of benzene rings is 3. The van der Waals surface area contributed by atoms with E-state index >= 15 is 0 Å². The Hall–Kier alpha value is -4.45. The highest BCUT2D eigenvalue weighted by molar-refractivity contribution is 6.03.